The molecule has 0 atom stereocenters. The maximum absolute atomic E-state index is 12.8. The van der Waals surface area contributed by atoms with Crippen LogP contribution >= 0.6 is 34.4 Å². The molecule has 2 aromatic carbocycles. The van der Waals surface area contributed by atoms with Crippen LogP contribution in [0.5, 0.6) is 11.5 Å². The number of hydrogen-bond acceptors (Lipinski definition) is 6. The summed E-state index contributed by atoms with van der Waals surface area (Å²) in [6, 6.07) is 11.4. The van der Waals surface area contributed by atoms with E-state index in [2.05, 4.69) is 27.6 Å². The summed E-state index contributed by atoms with van der Waals surface area (Å²) in [4.78, 5) is 30.5. The Kier molecular flexibility index (Phi) is 7.60. The van der Waals surface area contributed by atoms with E-state index in [1.165, 1.54) is 16.7 Å². The van der Waals surface area contributed by atoms with Gasteiger partial charge in [-0.25, -0.2) is 4.99 Å². The molecule has 0 unspecified atom stereocenters. The zero-order valence-electron chi connectivity index (χ0n) is 17.3. The SMILES string of the molecule is CCOc1cc(/C=C2/SC(=Nc3ccc(C)cc3)N(C)C2=O)cc(I)c1OCC(N)=O. The van der Waals surface area contributed by atoms with Crippen molar-refractivity contribution in [2.24, 2.45) is 10.7 Å². The monoisotopic (exact) mass is 551 g/mol. The van der Waals surface area contributed by atoms with E-state index in [1.54, 1.807) is 19.2 Å². The summed E-state index contributed by atoms with van der Waals surface area (Å²) in [5.41, 5.74) is 7.90. The highest BCUT2D eigenvalue weighted by molar-refractivity contribution is 14.1. The van der Waals surface area contributed by atoms with Gasteiger partial charge in [0.2, 0.25) is 0 Å². The molecule has 9 heteroatoms. The molecule has 2 N–H and O–H groups in total. The Balaban J connectivity index is 1.90. The van der Waals surface area contributed by atoms with E-state index in [4.69, 9.17) is 15.2 Å². The number of nitrogens with zero attached hydrogens (tertiary/aromatic N) is 2. The molecule has 2 aromatic rings. The molecule has 2 amide bonds. The highest BCUT2D eigenvalue weighted by atomic mass is 127. The molecule has 0 saturated carbocycles. The maximum atomic E-state index is 12.8. The molecule has 1 aliphatic rings. The van der Waals surface area contributed by atoms with E-state index in [0.717, 1.165) is 20.4 Å². The average Bonchev–Trinajstić information content (AvgIpc) is 2.97. The maximum Gasteiger partial charge on any atom is 0.266 e. The van der Waals surface area contributed by atoms with Gasteiger partial charge in [0, 0.05) is 7.05 Å². The van der Waals surface area contributed by atoms with Crippen LogP contribution in [0.1, 0.15) is 18.1 Å². The van der Waals surface area contributed by atoms with Crippen molar-refractivity contribution >= 4 is 63.1 Å². The fourth-order valence-electron chi connectivity index (χ4n) is 2.75. The van der Waals surface area contributed by atoms with E-state index in [9.17, 15) is 9.59 Å². The number of halogens is 1. The summed E-state index contributed by atoms with van der Waals surface area (Å²) in [7, 11) is 1.71. The predicted molar refractivity (Wildman–Crippen MR) is 132 cm³/mol. The van der Waals surface area contributed by atoms with Gasteiger partial charge < -0.3 is 15.2 Å². The second-order valence-corrected chi connectivity index (χ2v) is 8.89. The molecule has 1 aliphatic heterocycles. The summed E-state index contributed by atoms with van der Waals surface area (Å²) in [5, 5.41) is 0.612. The second kappa shape index (κ2) is 10.2. The molecule has 31 heavy (non-hydrogen) atoms. The second-order valence-electron chi connectivity index (χ2n) is 6.72. The van der Waals surface area contributed by atoms with Gasteiger partial charge in [-0.05, 0) is 84.1 Å². The lowest BCUT2D eigenvalue weighted by Crippen LogP contribution is -2.23. The number of likely N-dealkylation sites (N-methyl/N-ethyl adjacent to an activating group) is 1. The van der Waals surface area contributed by atoms with Crippen molar-refractivity contribution in [3.8, 4) is 11.5 Å². The van der Waals surface area contributed by atoms with E-state index in [-0.39, 0.29) is 12.5 Å². The fourth-order valence-corrected chi connectivity index (χ4v) is 4.52. The number of thioether (sulfide) groups is 1. The smallest absolute Gasteiger partial charge is 0.266 e. The van der Waals surface area contributed by atoms with Crippen LogP contribution in [-0.4, -0.2) is 42.1 Å². The Hall–Kier alpha value is -2.53. The van der Waals surface area contributed by atoms with Crippen LogP contribution < -0.4 is 15.2 Å². The molecule has 0 aromatic heterocycles. The van der Waals surface area contributed by atoms with Crippen molar-refractivity contribution in [2.45, 2.75) is 13.8 Å². The number of rotatable bonds is 7. The van der Waals surface area contributed by atoms with Crippen molar-refractivity contribution in [3.05, 3.63) is 56.0 Å². The molecule has 0 aliphatic carbocycles. The zero-order valence-corrected chi connectivity index (χ0v) is 20.3. The number of hydrogen-bond donors (Lipinski definition) is 1. The molecule has 0 bridgehead atoms. The van der Waals surface area contributed by atoms with Crippen LogP contribution in [0.15, 0.2) is 46.3 Å². The first kappa shape index (κ1) is 23.1. The van der Waals surface area contributed by atoms with Crippen LogP contribution in [0, 0.1) is 10.5 Å². The number of benzene rings is 2. The van der Waals surface area contributed by atoms with E-state index in [0.29, 0.717) is 28.2 Å². The summed E-state index contributed by atoms with van der Waals surface area (Å²) in [6.45, 7) is 4.05. The predicted octanol–water partition coefficient (Wildman–Crippen LogP) is 4.10. The average molecular weight is 551 g/mol. The lowest BCUT2D eigenvalue weighted by molar-refractivity contribution is -0.121. The molecule has 162 valence electrons. The first-order valence-electron chi connectivity index (χ1n) is 9.49. The first-order valence-corrected chi connectivity index (χ1v) is 11.4. The number of ether oxygens (including phenoxy) is 2. The zero-order chi connectivity index (χ0) is 22.5. The topological polar surface area (TPSA) is 94.2 Å². The summed E-state index contributed by atoms with van der Waals surface area (Å²) >= 11 is 3.42. The van der Waals surface area contributed by atoms with Crippen molar-refractivity contribution in [3.63, 3.8) is 0 Å². The number of amides is 2. The van der Waals surface area contributed by atoms with E-state index < -0.39 is 5.91 Å². The van der Waals surface area contributed by atoms with Crippen molar-refractivity contribution in [2.75, 3.05) is 20.3 Å². The molecule has 3 rings (SSSR count). The van der Waals surface area contributed by atoms with Gasteiger partial charge in [0.1, 0.15) is 0 Å². The molecular weight excluding hydrogens is 529 g/mol. The molecule has 0 spiro atoms. The van der Waals surface area contributed by atoms with Gasteiger partial charge in [-0.15, -0.1) is 0 Å². The van der Waals surface area contributed by atoms with Crippen molar-refractivity contribution < 1.29 is 19.1 Å². The fraction of sp³-hybridized carbons (Fsp3) is 0.227. The van der Waals surface area contributed by atoms with Crippen LogP contribution in [-0.2, 0) is 9.59 Å². The largest absolute Gasteiger partial charge is 0.490 e. The first-order chi connectivity index (χ1) is 14.8. The number of primary amides is 1. The number of aryl methyl sites for hydroxylation is 1. The van der Waals surface area contributed by atoms with Crippen molar-refractivity contribution in [1.29, 1.82) is 0 Å². The molecular formula is C22H22IN3O4S. The third-order valence-corrected chi connectivity index (χ3v) is 6.11. The highest BCUT2D eigenvalue weighted by Crippen LogP contribution is 2.37. The molecule has 1 saturated heterocycles. The molecule has 1 fully saturated rings. The summed E-state index contributed by atoms with van der Waals surface area (Å²) < 4.78 is 11.9. The molecule has 1 heterocycles. The summed E-state index contributed by atoms with van der Waals surface area (Å²) in [6.07, 6.45) is 1.80. The van der Waals surface area contributed by atoms with Gasteiger partial charge in [-0.2, -0.15) is 0 Å². The van der Waals surface area contributed by atoms with E-state index in [1.807, 2.05) is 44.2 Å². The quantitative estimate of drug-likeness (QED) is 0.413. The van der Waals surface area contributed by atoms with Gasteiger partial charge in [0.15, 0.2) is 23.3 Å². The van der Waals surface area contributed by atoms with Crippen LogP contribution in [0.25, 0.3) is 6.08 Å². The lowest BCUT2D eigenvalue weighted by Gasteiger charge is -2.14. The number of amidine groups is 1. The van der Waals surface area contributed by atoms with E-state index >= 15 is 0 Å². The van der Waals surface area contributed by atoms with Gasteiger partial charge in [-0.1, -0.05) is 17.7 Å². The minimum Gasteiger partial charge on any atom is -0.490 e. The Bertz CT molecular complexity index is 1070. The Morgan fingerprint density at radius 2 is 1.97 bits per heavy atom. The minimum absolute atomic E-state index is 0.127. The number of carbonyl (C=O) groups is 2. The third kappa shape index (κ3) is 5.79. The number of aliphatic imine (C=N–C) groups is 1. The Morgan fingerprint density at radius 1 is 1.26 bits per heavy atom. The highest BCUT2D eigenvalue weighted by Gasteiger charge is 2.30. The number of nitrogens with two attached hydrogens (primary N) is 1. The van der Waals surface area contributed by atoms with Gasteiger partial charge in [0.05, 0.1) is 20.8 Å². The van der Waals surface area contributed by atoms with Gasteiger partial charge in [0.25, 0.3) is 11.8 Å². The normalized spacial score (nSPS) is 16.3. The molecule has 7 nitrogen and oxygen atoms in total. The molecule has 0 radical (unpaired) electrons. The van der Waals surface area contributed by atoms with Gasteiger partial charge in [-0.3, -0.25) is 14.5 Å². The van der Waals surface area contributed by atoms with Crippen LogP contribution in [0.2, 0.25) is 0 Å². The summed E-state index contributed by atoms with van der Waals surface area (Å²) in [5.74, 6) is 0.242. The number of carbonyl (C=O) groups excluding carboxylic acids is 2. The van der Waals surface area contributed by atoms with Crippen molar-refractivity contribution in [1.82, 2.24) is 4.90 Å². The lowest BCUT2D eigenvalue weighted by atomic mass is 10.2. The minimum atomic E-state index is -0.569. The third-order valence-electron chi connectivity index (χ3n) is 4.25. The Labute approximate surface area is 198 Å². The Morgan fingerprint density at radius 3 is 2.61 bits per heavy atom. The van der Waals surface area contributed by atoms with Crippen LogP contribution in [0.3, 0.4) is 0 Å². The van der Waals surface area contributed by atoms with Gasteiger partial charge >= 0.3 is 0 Å². The standard InChI is InChI=1S/C22H22IN3O4S/c1-4-29-17-10-14(9-16(23)20(17)30-12-19(24)27)11-18-21(28)26(3)22(31-18)25-15-7-5-13(2)6-8-15/h5-11H,4,12H2,1-3H3,(H2,24,27)/b18-11+,25-22?. The van der Waals surface area contributed by atoms with Crippen LogP contribution in [0.4, 0.5) is 5.69 Å².